The lowest BCUT2D eigenvalue weighted by atomic mass is 9.82. The number of para-hydroxylation sites is 1. The normalized spacial score (nSPS) is 12.3. The Morgan fingerprint density at radius 2 is 1.54 bits per heavy atom. The van der Waals surface area contributed by atoms with E-state index in [0.29, 0.717) is 5.69 Å². The Labute approximate surface area is 157 Å². The van der Waals surface area contributed by atoms with E-state index in [4.69, 9.17) is 0 Å². The maximum Gasteiger partial charge on any atom is 0.273 e. The molecule has 0 spiro atoms. The molecule has 1 aliphatic rings. The van der Waals surface area contributed by atoms with E-state index in [9.17, 15) is 29.9 Å². The number of benzene rings is 3. The van der Waals surface area contributed by atoms with E-state index < -0.39 is 33.7 Å². The molecule has 3 N–H and O–H groups in total. The topological polar surface area (TPSA) is 130 Å². The van der Waals surface area contributed by atoms with Gasteiger partial charge in [-0.05, 0) is 24.3 Å². The van der Waals surface area contributed by atoms with Gasteiger partial charge in [-0.2, -0.15) is 0 Å². The summed E-state index contributed by atoms with van der Waals surface area (Å²) < 4.78 is 0. The molecule has 138 valence electrons. The second kappa shape index (κ2) is 6.20. The number of fused-ring (bicyclic) bond motifs is 2. The van der Waals surface area contributed by atoms with Crippen molar-refractivity contribution in [2.75, 3.05) is 5.32 Å². The standard InChI is InChI=1S/C20H12N2O6/c23-14-7-6-13(21-10-4-2-1-3-5-10)17-18(14)20(26)16-12(19(17)25)8-11(22(27)28)9-15(16)24/h1-9,21,23-24H. The average molecular weight is 376 g/mol. The molecule has 3 aromatic carbocycles. The van der Waals surface area contributed by atoms with Crippen LogP contribution in [-0.4, -0.2) is 26.7 Å². The summed E-state index contributed by atoms with van der Waals surface area (Å²) in [6.07, 6.45) is 0. The molecule has 1 aliphatic carbocycles. The number of hydrogen-bond acceptors (Lipinski definition) is 7. The van der Waals surface area contributed by atoms with Crippen LogP contribution in [0.3, 0.4) is 0 Å². The third-order valence-corrected chi connectivity index (χ3v) is 4.48. The zero-order chi connectivity index (χ0) is 20.0. The number of phenols is 2. The smallest absolute Gasteiger partial charge is 0.273 e. The molecular formula is C20H12N2O6. The highest BCUT2D eigenvalue weighted by Crippen LogP contribution is 2.41. The summed E-state index contributed by atoms with van der Waals surface area (Å²) in [5, 5.41) is 34.4. The molecule has 28 heavy (non-hydrogen) atoms. The van der Waals surface area contributed by atoms with Gasteiger partial charge in [0.25, 0.3) is 5.69 Å². The predicted molar refractivity (Wildman–Crippen MR) is 99.5 cm³/mol. The van der Waals surface area contributed by atoms with Crippen molar-refractivity contribution in [3.05, 3.63) is 87.0 Å². The predicted octanol–water partition coefficient (Wildman–Crippen LogP) is 3.53. The summed E-state index contributed by atoms with van der Waals surface area (Å²) in [4.78, 5) is 36.3. The molecule has 0 atom stereocenters. The van der Waals surface area contributed by atoms with E-state index in [1.165, 1.54) is 12.1 Å². The zero-order valence-electron chi connectivity index (χ0n) is 14.2. The fourth-order valence-electron chi connectivity index (χ4n) is 3.23. The zero-order valence-corrected chi connectivity index (χ0v) is 14.2. The van der Waals surface area contributed by atoms with E-state index in [1.807, 2.05) is 6.07 Å². The maximum atomic E-state index is 13.1. The van der Waals surface area contributed by atoms with Gasteiger partial charge >= 0.3 is 0 Å². The van der Waals surface area contributed by atoms with Gasteiger partial charge in [0.15, 0.2) is 5.78 Å². The highest BCUT2D eigenvalue weighted by Gasteiger charge is 2.37. The van der Waals surface area contributed by atoms with Crippen LogP contribution in [0.2, 0.25) is 0 Å². The molecule has 0 saturated heterocycles. The van der Waals surface area contributed by atoms with Crippen molar-refractivity contribution in [2.24, 2.45) is 0 Å². The number of rotatable bonds is 3. The van der Waals surface area contributed by atoms with Crippen LogP contribution in [0.15, 0.2) is 54.6 Å². The number of aromatic hydroxyl groups is 2. The third kappa shape index (κ3) is 2.55. The van der Waals surface area contributed by atoms with Crippen molar-refractivity contribution in [2.45, 2.75) is 0 Å². The van der Waals surface area contributed by atoms with Gasteiger partial charge in [0.05, 0.1) is 33.4 Å². The first-order chi connectivity index (χ1) is 13.4. The van der Waals surface area contributed by atoms with Gasteiger partial charge in [-0.3, -0.25) is 19.7 Å². The van der Waals surface area contributed by atoms with Gasteiger partial charge < -0.3 is 15.5 Å². The summed E-state index contributed by atoms with van der Waals surface area (Å²) in [5.41, 5.74) is -0.638. The third-order valence-electron chi connectivity index (χ3n) is 4.48. The number of nitrogens with zero attached hydrogens (tertiary/aromatic N) is 1. The van der Waals surface area contributed by atoms with Crippen LogP contribution in [0.1, 0.15) is 31.8 Å². The quantitative estimate of drug-likeness (QED) is 0.283. The van der Waals surface area contributed by atoms with Crippen LogP contribution in [0, 0.1) is 10.1 Å². The number of nitro benzene ring substituents is 1. The summed E-state index contributed by atoms with van der Waals surface area (Å²) in [6.45, 7) is 0. The van der Waals surface area contributed by atoms with Crippen molar-refractivity contribution in [3.63, 3.8) is 0 Å². The maximum absolute atomic E-state index is 13.1. The van der Waals surface area contributed by atoms with Crippen LogP contribution in [-0.2, 0) is 0 Å². The molecule has 0 heterocycles. The second-order valence-corrected chi connectivity index (χ2v) is 6.18. The average Bonchev–Trinajstić information content (AvgIpc) is 2.67. The molecule has 0 fully saturated rings. The summed E-state index contributed by atoms with van der Waals surface area (Å²) in [5.74, 6) is -2.60. The van der Waals surface area contributed by atoms with Gasteiger partial charge in [0, 0.05) is 17.3 Å². The van der Waals surface area contributed by atoms with Crippen molar-refractivity contribution in [1.82, 2.24) is 0 Å². The van der Waals surface area contributed by atoms with Crippen LogP contribution >= 0.6 is 0 Å². The molecule has 3 aromatic rings. The van der Waals surface area contributed by atoms with Crippen molar-refractivity contribution in [1.29, 1.82) is 0 Å². The number of nitro groups is 1. The van der Waals surface area contributed by atoms with E-state index in [2.05, 4.69) is 5.32 Å². The number of ketones is 2. The molecule has 0 aliphatic heterocycles. The molecule has 8 nitrogen and oxygen atoms in total. The number of phenolic OH excluding ortho intramolecular Hbond substituents is 2. The highest BCUT2D eigenvalue weighted by molar-refractivity contribution is 6.32. The van der Waals surface area contributed by atoms with E-state index in [0.717, 1.165) is 12.1 Å². The summed E-state index contributed by atoms with van der Waals surface area (Å²) in [7, 11) is 0. The van der Waals surface area contributed by atoms with Crippen LogP contribution in [0.5, 0.6) is 11.5 Å². The summed E-state index contributed by atoms with van der Waals surface area (Å²) in [6, 6.07) is 13.3. The first-order valence-corrected chi connectivity index (χ1v) is 8.17. The minimum atomic E-state index is -0.786. The first kappa shape index (κ1) is 17.2. The molecule has 8 heteroatoms. The number of non-ortho nitro benzene ring substituents is 1. The highest BCUT2D eigenvalue weighted by atomic mass is 16.6. The second-order valence-electron chi connectivity index (χ2n) is 6.18. The van der Waals surface area contributed by atoms with E-state index in [1.54, 1.807) is 24.3 Å². The van der Waals surface area contributed by atoms with Gasteiger partial charge in [0.1, 0.15) is 11.5 Å². The minimum absolute atomic E-state index is 0.110. The van der Waals surface area contributed by atoms with Crippen molar-refractivity contribution in [3.8, 4) is 11.5 Å². The molecule has 0 unspecified atom stereocenters. The number of anilines is 2. The van der Waals surface area contributed by atoms with Gasteiger partial charge in [-0.25, -0.2) is 0 Å². The summed E-state index contributed by atoms with van der Waals surface area (Å²) >= 11 is 0. The fraction of sp³-hybridized carbons (Fsp3) is 0. The Balaban J connectivity index is 1.94. The number of carbonyl (C=O) groups excluding carboxylic acids is 2. The number of hydrogen-bond donors (Lipinski definition) is 3. The molecule has 4 rings (SSSR count). The molecular weight excluding hydrogens is 364 g/mol. The lowest BCUT2D eigenvalue weighted by molar-refractivity contribution is -0.385. The Morgan fingerprint density at radius 3 is 2.21 bits per heavy atom. The SMILES string of the molecule is O=C1c2c(O)cc([N+](=O)[O-])cc2C(=O)c2c(Nc3ccccc3)ccc(O)c21. The first-order valence-electron chi connectivity index (χ1n) is 8.17. The fourth-order valence-corrected chi connectivity index (χ4v) is 3.23. The Bertz CT molecular complexity index is 1170. The Morgan fingerprint density at radius 1 is 0.821 bits per heavy atom. The molecule has 0 bridgehead atoms. The molecule has 0 amide bonds. The Kier molecular flexibility index (Phi) is 3.82. The molecule has 0 aromatic heterocycles. The molecule has 0 radical (unpaired) electrons. The monoisotopic (exact) mass is 376 g/mol. The van der Waals surface area contributed by atoms with Crippen LogP contribution in [0.4, 0.5) is 17.1 Å². The van der Waals surface area contributed by atoms with Crippen LogP contribution in [0.25, 0.3) is 0 Å². The van der Waals surface area contributed by atoms with Crippen molar-refractivity contribution < 1.29 is 24.7 Å². The largest absolute Gasteiger partial charge is 0.507 e. The number of nitrogens with one attached hydrogen (secondary N) is 1. The lowest BCUT2D eigenvalue weighted by Gasteiger charge is -2.22. The van der Waals surface area contributed by atoms with E-state index >= 15 is 0 Å². The van der Waals surface area contributed by atoms with E-state index in [-0.39, 0.29) is 27.9 Å². The van der Waals surface area contributed by atoms with Gasteiger partial charge in [-0.15, -0.1) is 0 Å². The lowest BCUT2D eigenvalue weighted by Crippen LogP contribution is -2.22. The van der Waals surface area contributed by atoms with Crippen molar-refractivity contribution >= 4 is 28.6 Å². The van der Waals surface area contributed by atoms with Crippen LogP contribution < -0.4 is 5.32 Å². The minimum Gasteiger partial charge on any atom is -0.507 e. The van der Waals surface area contributed by atoms with Gasteiger partial charge in [-0.1, -0.05) is 18.2 Å². The number of carbonyl (C=O) groups is 2. The Hall–Kier alpha value is -4.20. The molecule has 0 saturated carbocycles. The van der Waals surface area contributed by atoms with Gasteiger partial charge in [0.2, 0.25) is 5.78 Å².